The second-order valence-corrected chi connectivity index (χ2v) is 5.94. The molecule has 0 aliphatic carbocycles. The minimum Gasteiger partial charge on any atom is -0.360 e. The Labute approximate surface area is 109 Å². The number of hydrogen-bond acceptors (Lipinski definition) is 6. The molecule has 2 aromatic heterocycles. The first-order valence-electron chi connectivity index (χ1n) is 5.63. The largest absolute Gasteiger partial charge is 0.360 e. The van der Waals surface area contributed by atoms with E-state index in [9.17, 15) is 0 Å². The summed E-state index contributed by atoms with van der Waals surface area (Å²) in [6, 6.07) is 0. The number of anilines is 1. The summed E-state index contributed by atoms with van der Waals surface area (Å²) in [5, 5.41) is 7.39. The maximum absolute atomic E-state index is 4.44. The molecule has 2 heterocycles. The van der Waals surface area contributed by atoms with Gasteiger partial charge in [-0.15, -0.1) is 11.3 Å². The van der Waals surface area contributed by atoms with E-state index in [2.05, 4.69) is 40.4 Å². The van der Waals surface area contributed by atoms with Crippen molar-refractivity contribution in [3.8, 4) is 0 Å². The summed E-state index contributed by atoms with van der Waals surface area (Å²) < 4.78 is 4.31. The first-order chi connectivity index (χ1) is 8.16. The van der Waals surface area contributed by atoms with Crippen molar-refractivity contribution in [2.75, 3.05) is 11.9 Å². The molecule has 2 rings (SSSR count). The topological polar surface area (TPSA) is 50.7 Å². The molecule has 6 heteroatoms. The summed E-state index contributed by atoms with van der Waals surface area (Å²) in [5.74, 6) is 1.71. The lowest BCUT2D eigenvalue weighted by Gasteiger charge is -2.08. The molecule has 0 saturated carbocycles. The molecule has 0 fully saturated rings. The fourth-order valence-corrected chi connectivity index (χ4v) is 2.76. The molecule has 0 aliphatic heterocycles. The molecule has 1 atom stereocenters. The van der Waals surface area contributed by atoms with E-state index in [1.807, 2.05) is 11.6 Å². The molecule has 92 valence electrons. The lowest BCUT2D eigenvalue weighted by Crippen LogP contribution is -2.09. The van der Waals surface area contributed by atoms with Crippen LogP contribution in [0.4, 0.5) is 5.13 Å². The van der Waals surface area contributed by atoms with Gasteiger partial charge in [0.1, 0.15) is 5.82 Å². The Morgan fingerprint density at radius 2 is 2.18 bits per heavy atom. The summed E-state index contributed by atoms with van der Waals surface area (Å²) in [5.41, 5.74) is 0. The van der Waals surface area contributed by atoms with Gasteiger partial charge in [0.15, 0.2) is 0 Å². The van der Waals surface area contributed by atoms with E-state index < -0.39 is 0 Å². The van der Waals surface area contributed by atoms with Gasteiger partial charge < -0.3 is 5.32 Å². The average Bonchev–Trinajstić information content (AvgIpc) is 2.97. The zero-order valence-electron chi connectivity index (χ0n) is 10.2. The van der Waals surface area contributed by atoms with Gasteiger partial charge in [0.2, 0.25) is 5.13 Å². The lowest BCUT2D eigenvalue weighted by atomic mass is 10.2. The highest BCUT2D eigenvalue weighted by atomic mass is 32.1. The Balaban J connectivity index is 1.89. The second-order valence-electron chi connectivity index (χ2n) is 4.26. The van der Waals surface area contributed by atoms with Gasteiger partial charge in [-0.25, -0.2) is 9.97 Å². The van der Waals surface area contributed by atoms with Crippen LogP contribution in [-0.4, -0.2) is 20.9 Å². The highest BCUT2D eigenvalue weighted by Crippen LogP contribution is 2.21. The average molecular weight is 268 g/mol. The van der Waals surface area contributed by atoms with Crippen molar-refractivity contribution in [2.45, 2.75) is 32.6 Å². The van der Waals surface area contributed by atoms with Gasteiger partial charge in [0.05, 0.1) is 5.01 Å². The van der Waals surface area contributed by atoms with E-state index in [4.69, 9.17) is 0 Å². The smallest absolute Gasteiger partial charge is 0.202 e. The van der Waals surface area contributed by atoms with Crippen LogP contribution in [0.25, 0.3) is 0 Å². The third-order valence-corrected chi connectivity index (χ3v) is 4.08. The predicted octanol–water partition coefficient (Wildman–Crippen LogP) is 3.33. The molecule has 0 spiro atoms. The van der Waals surface area contributed by atoms with Gasteiger partial charge in [-0.1, -0.05) is 20.8 Å². The van der Waals surface area contributed by atoms with Crippen molar-refractivity contribution < 1.29 is 0 Å². The van der Waals surface area contributed by atoms with Gasteiger partial charge in [-0.2, -0.15) is 4.37 Å². The second kappa shape index (κ2) is 5.55. The molecule has 0 bridgehead atoms. The van der Waals surface area contributed by atoms with Crippen molar-refractivity contribution >= 4 is 28.0 Å². The maximum Gasteiger partial charge on any atom is 0.202 e. The Morgan fingerprint density at radius 1 is 1.35 bits per heavy atom. The molecule has 0 amide bonds. The summed E-state index contributed by atoms with van der Waals surface area (Å²) in [6.45, 7) is 7.21. The summed E-state index contributed by atoms with van der Waals surface area (Å²) >= 11 is 3.12. The zero-order chi connectivity index (χ0) is 12.3. The van der Waals surface area contributed by atoms with Gasteiger partial charge in [0.25, 0.3) is 0 Å². The van der Waals surface area contributed by atoms with Gasteiger partial charge in [0, 0.05) is 41.5 Å². The Hall–Kier alpha value is -1.01. The van der Waals surface area contributed by atoms with Crippen molar-refractivity contribution in [3.63, 3.8) is 0 Å². The van der Waals surface area contributed by atoms with E-state index in [0.717, 1.165) is 22.5 Å². The molecule has 0 aliphatic rings. The monoisotopic (exact) mass is 268 g/mol. The Morgan fingerprint density at radius 3 is 2.76 bits per heavy atom. The van der Waals surface area contributed by atoms with Gasteiger partial charge in [-0.05, 0) is 0 Å². The van der Waals surface area contributed by atoms with Crippen LogP contribution in [-0.2, 0) is 0 Å². The minimum absolute atomic E-state index is 0.387. The molecule has 1 unspecified atom stereocenters. The lowest BCUT2D eigenvalue weighted by molar-refractivity contribution is 0.783. The quantitative estimate of drug-likeness (QED) is 0.903. The van der Waals surface area contributed by atoms with E-state index in [1.165, 1.54) is 11.5 Å². The molecule has 0 radical (unpaired) electrons. The summed E-state index contributed by atoms with van der Waals surface area (Å²) in [4.78, 5) is 8.75. The molecule has 0 aromatic carbocycles. The maximum atomic E-state index is 4.44. The van der Waals surface area contributed by atoms with Crippen LogP contribution < -0.4 is 5.32 Å². The number of hydrogen-bond donors (Lipinski definition) is 1. The normalized spacial score (nSPS) is 12.9. The third-order valence-electron chi connectivity index (χ3n) is 2.39. The highest BCUT2D eigenvalue weighted by molar-refractivity contribution is 7.10. The number of nitrogens with one attached hydrogen (secondary N) is 1. The molecular formula is C11H16N4S2. The zero-order valence-corrected chi connectivity index (χ0v) is 11.8. The van der Waals surface area contributed by atoms with Crippen LogP contribution in [0.1, 0.15) is 43.4 Å². The molecule has 4 nitrogen and oxygen atoms in total. The number of rotatable bonds is 5. The number of thiazole rings is 1. The van der Waals surface area contributed by atoms with Crippen molar-refractivity contribution in [1.82, 2.24) is 14.3 Å². The van der Waals surface area contributed by atoms with E-state index in [0.29, 0.717) is 11.8 Å². The van der Waals surface area contributed by atoms with E-state index >= 15 is 0 Å². The molecule has 17 heavy (non-hydrogen) atoms. The fraction of sp³-hybridized carbons (Fsp3) is 0.545. The van der Waals surface area contributed by atoms with Crippen LogP contribution in [0.2, 0.25) is 0 Å². The van der Waals surface area contributed by atoms with Crippen molar-refractivity contribution in [3.05, 3.63) is 22.4 Å². The van der Waals surface area contributed by atoms with Crippen LogP contribution in [0.15, 0.2) is 11.6 Å². The van der Waals surface area contributed by atoms with Crippen LogP contribution >= 0.6 is 22.9 Å². The first kappa shape index (κ1) is 12.4. The summed E-state index contributed by atoms with van der Waals surface area (Å²) in [7, 11) is 0. The van der Waals surface area contributed by atoms with Crippen molar-refractivity contribution in [1.29, 1.82) is 0 Å². The standard InChI is InChI=1S/C11H16N4S2/c1-7(2)9-14-11(17-15-9)13-6-8(3)10-12-4-5-16-10/h4-5,7-8H,6H2,1-3H3,(H,13,14,15). The highest BCUT2D eigenvalue weighted by Gasteiger charge is 2.11. The molecule has 1 N–H and O–H groups in total. The van der Waals surface area contributed by atoms with E-state index in [1.54, 1.807) is 11.3 Å². The SMILES string of the molecule is CC(C)c1nsc(NCC(C)c2nccs2)n1. The molecular weight excluding hydrogens is 252 g/mol. The Kier molecular flexibility index (Phi) is 4.06. The summed E-state index contributed by atoms with van der Waals surface area (Å²) in [6.07, 6.45) is 1.85. The van der Waals surface area contributed by atoms with Crippen LogP contribution in [0, 0.1) is 0 Å². The third kappa shape index (κ3) is 3.23. The number of nitrogens with zero attached hydrogens (tertiary/aromatic N) is 3. The van der Waals surface area contributed by atoms with Crippen molar-refractivity contribution in [2.24, 2.45) is 0 Å². The van der Waals surface area contributed by atoms with Crippen LogP contribution in [0.5, 0.6) is 0 Å². The van der Waals surface area contributed by atoms with Gasteiger partial charge in [-0.3, -0.25) is 0 Å². The first-order valence-corrected chi connectivity index (χ1v) is 7.29. The van der Waals surface area contributed by atoms with Crippen LogP contribution in [0.3, 0.4) is 0 Å². The Bertz CT molecular complexity index is 450. The molecule has 0 saturated heterocycles. The predicted molar refractivity (Wildman–Crippen MR) is 73.0 cm³/mol. The fourth-order valence-electron chi connectivity index (χ4n) is 1.35. The number of aromatic nitrogens is 3. The minimum atomic E-state index is 0.387. The molecule has 2 aromatic rings. The van der Waals surface area contributed by atoms with Gasteiger partial charge >= 0.3 is 0 Å². The van der Waals surface area contributed by atoms with E-state index in [-0.39, 0.29) is 0 Å².